The van der Waals surface area contributed by atoms with E-state index in [9.17, 15) is 4.79 Å². The van der Waals surface area contributed by atoms with Gasteiger partial charge in [-0.2, -0.15) is 0 Å². The lowest BCUT2D eigenvalue weighted by molar-refractivity contribution is 0.0938. The van der Waals surface area contributed by atoms with E-state index in [1.165, 1.54) is 0 Å². The molecular weight excluding hydrogens is 276 g/mol. The summed E-state index contributed by atoms with van der Waals surface area (Å²) in [5.74, 6) is 0.740. The maximum atomic E-state index is 12.1. The van der Waals surface area contributed by atoms with Crippen LogP contribution < -0.4 is 11.1 Å². The first kappa shape index (κ1) is 14.5. The van der Waals surface area contributed by atoms with Gasteiger partial charge in [-0.15, -0.1) is 0 Å². The van der Waals surface area contributed by atoms with Crippen LogP contribution in [-0.2, 0) is 6.42 Å². The Balaban J connectivity index is 1.90. The van der Waals surface area contributed by atoms with Crippen molar-refractivity contribution < 1.29 is 9.21 Å². The third-order valence-corrected chi connectivity index (χ3v) is 3.18. The van der Waals surface area contributed by atoms with Crippen molar-refractivity contribution in [2.75, 3.05) is 5.73 Å². The molecule has 1 heterocycles. The molecule has 0 aliphatic carbocycles. The van der Waals surface area contributed by atoms with Gasteiger partial charge in [0.15, 0.2) is 0 Å². The topological polar surface area (TPSA) is 68.3 Å². The first-order valence-electron chi connectivity index (χ1n) is 6.44. The van der Waals surface area contributed by atoms with Crippen LogP contribution in [0.1, 0.15) is 29.5 Å². The molecule has 1 unspecified atom stereocenters. The van der Waals surface area contributed by atoms with Gasteiger partial charge in [-0.3, -0.25) is 4.79 Å². The van der Waals surface area contributed by atoms with Gasteiger partial charge in [0, 0.05) is 28.7 Å². The summed E-state index contributed by atoms with van der Waals surface area (Å²) in [6.07, 6.45) is 3.23. The van der Waals surface area contributed by atoms with Gasteiger partial charge in [0.2, 0.25) is 0 Å². The molecule has 0 aliphatic heterocycles. The van der Waals surface area contributed by atoms with Gasteiger partial charge in [-0.05, 0) is 43.7 Å². The molecule has 1 aromatic heterocycles. The minimum absolute atomic E-state index is 0.0350. The lowest BCUT2D eigenvalue weighted by Gasteiger charge is -2.13. The number of halogens is 1. The fourth-order valence-corrected chi connectivity index (χ4v) is 2.18. The van der Waals surface area contributed by atoms with Crippen LogP contribution in [0.4, 0.5) is 5.69 Å². The Morgan fingerprint density at radius 2 is 2.25 bits per heavy atom. The van der Waals surface area contributed by atoms with E-state index in [1.807, 2.05) is 19.1 Å². The Kier molecular flexibility index (Phi) is 4.69. The van der Waals surface area contributed by atoms with Crippen LogP contribution in [0.2, 0.25) is 5.02 Å². The van der Waals surface area contributed by atoms with Crippen LogP contribution in [0.3, 0.4) is 0 Å². The highest BCUT2D eigenvalue weighted by Crippen LogP contribution is 2.16. The molecule has 0 saturated carbocycles. The number of amides is 1. The summed E-state index contributed by atoms with van der Waals surface area (Å²) in [5.41, 5.74) is 6.62. The molecule has 5 heteroatoms. The number of nitrogens with one attached hydrogen (secondary N) is 1. The van der Waals surface area contributed by atoms with Crippen molar-refractivity contribution in [3.05, 3.63) is 52.9 Å². The molecule has 0 spiro atoms. The number of carbonyl (C=O) groups is 1. The Hall–Kier alpha value is -1.94. The zero-order valence-electron chi connectivity index (χ0n) is 11.2. The number of rotatable bonds is 5. The minimum atomic E-state index is -0.175. The van der Waals surface area contributed by atoms with Crippen molar-refractivity contribution in [2.24, 2.45) is 0 Å². The number of nitrogen functional groups attached to an aromatic ring is 1. The van der Waals surface area contributed by atoms with Gasteiger partial charge in [-0.25, -0.2) is 0 Å². The molecule has 0 radical (unpaired) electrons. The van der Waals surface area contributed by atoms with Crippen molar-refractivity contribution in [1.29, 1.82) is 0 Å². The van der Waals surface area contributed by atoms with Crippen molar-refractivity contribution >= 4 is 23.2 Å². The van der Waals surface area contributed by atoms with E-state index >= 15 is 0 Å². The molecule has 0 bridgehead atoms. The standard InChI is InChI=1S/C15H17ClN2O2/c1-10(4-5-14-3-2-6-20-14)18-15(19)11-7-12(16)9-13(17)8-11/h2-3,6-10H,4-5,17H2,1H3,(H,18,19). The van der Waals surface area contributed by atoms with Crippen LogP contribution in [0, 0.1) is 0 Å². The molecular formula is C15H17ClN2O2. The summed E-state index contributed by atoms with van der Waals surface area (Å²) in [6.45, 7) is 1.95. The third-order valence-electron chi connectivity index (χ3n) is 2.96. The summed E-state index contributed by atoms with van der Waals surface area (Å²) in [6, 6.07) is 8.64. The molecule has 1 amide bonds. The number of nitrogens with two attached hydrogens (primary N) is 1. The highest BCUT2D eigenvalue weighted by atomic mass is 35.5. The van der Waals surface area contributed by atoms with Crippen LogP contribution in [0.15, 0.2) is 41.0 Å². The number of hydrogen-bond donors (Lipinski definition) is 2. The van der Waals surface area contributed by atoms with Crippen molar-refractivity contribution in [1.82, 2.24) is 5.32 Å². The molecule has 2 aromatic rings. The lowest BCUT2D eigenvalue weighted by Crippen LogP contribution is -2.32. The zero-order valence-corrected chi connectivity index (χ0v) is 12.0. The number of anilines is 1. The second-order valence-corrected chi connectivity index (χ2v) is 5.20. The summed E-state index contributed by atoms with van der Waals surface area (Å²) in [5, 5.41) is 3.38. The second kappa shape index (κ2) is 6.48. The predicted octanol–water partition coefficient (Wildman–Crippen LogP) is 3.27. The number of benzene rings is 1. The van der Waals surface area contributed by atoms with Gasteiger partial charge in [0.1, 0.15) is 5.76 Å². The van der Waals surface area contributed by atoms with Gasteiger partial charge < -0.3 is 15.5 Å². The highest BCUT2D eigenvalue weighted by Gasteiger charge is 2.11. The predicted molar refractivity (Wildman–Crippen MR) is 79.8 cm³/mol. The molecule has 20 heavy (non-hydrogen) atoms. The fraction of sp³-hybridized carbons (Fsp3) is 0.267. The van der Waals surface area contributed by atoms with Gasteiger partial charge in [-0.1, -0.05) is 11.6 Å². The van der Waals surface area contributed by atoms with E-state index in [2.05, 4.69) is 5.32 Å². The molecule has 106 valence electrons. The summed E-state index contributed by atoms with van der Waals surface area (Å²) >= 11 is 5.89. The quantitative estimate of drug-likeness (QED) is 0.831. The maximum Gasteiger partial charge on any atom is 0.251 e. The normalized spacial score (nSPS) is 12.1. The minimum Gasteiger partial charge on any atom is -0.469 e. The summed E-state index contributed by atoms with van der Waals surface area (Å²) in [4.78, 5) is 12.1. The Morgan fingerprint density at radius 1 is 1.45 bits per heavy atom. The first-order valence-corrected chi connectivity index (χ1v) is 6.81. The van der Waals surface area contributed by atoms with E-state index in [0.29, 0.717) is 16.3 Å². The number of aryl methyl sites for hydroxylation is 1. The molecule has 2 rings (SSSR count). The molecule has 0 fully saturated rings. The lowest BCUT2D eigenvalue weighted by atomic mass is 10.1. The summed E-state index contributed by atoms with van der Waals surface area (Å²) < 4.78 is 5.26. The Labute approximate surface area is 122 Å². The SMILES string of the molecule is CC(CCc1ccco1)NC(=O)c1cc(N)cc(Cl)c1. The average molecular weight is 293 g/mol. The average Bonchev–Trinajstić information content (AvgIpc) is 2.88. The number of furan rings is 1. The second-order valence-electron chi connectivity index (χ2n) is 4.77. The molecule has 3 N–H and O–H groups in total. The van der Waals surface area contributed by atoms with E-state index in [0.717, 1.165) is 18.6 Å². The van der Waals surface area contributed by atoms with E-state index in [4.69, 9.17) is 21.8 Å². The maximum absolute atomic E-state index is 12.1. The molecule has 1 atom stereocenters. The van der Waals surface area contributed by atoms with Crippen molar-refractivity contribution in [3.63, 3.8) is 0 Å². The van der Waals surface area contributed by atoms with Crippen LogP contribution in [0.5, 0.6) is 0 Å². The molecule has 4 nitrogen and oxygen atoms in total. The first-order chi connectivity index (χ1) is 9.54. The smallest absolute Gasteiger partial charge is 0.251 e. The van der Waals surface area contributed by atoms with Crippen LogP contribution >= 0.6 is 11.6 Å². The van der Waals surface area contributed by atoms with Gasteiger partial charge in [0.05, 0.1) is 6.26 Å². The zero-order chi connectivity index (χ0) is 14.5. The molecule has 1 aromatic carbocycles. The monoisotopic (exact) mass is 292 g/mol. The molecule has 0 aliphatic rings. The highest BCUT2D eigenvalue weighted by molar-refractivity contribution is 6.31. The third kappa shape index (κ3) is 4.03. The van der Waals surface area contributed by atoms with Gasteiger partial charge in [0.25, 0.3) is 5.91 Å². The largest absolute Gasteiger partial charge is 0.469 e. The number of hydrogen-bond acceptors (Lipinski definition) is 3. The Bertz CT molecular complexity index is 561. The van der Waals surface area contributed by atoms with Crippen LogP contribution in [0.25, 0.3) is 0 Å². The van der Waals surface area contributed by atoms with E-state index in [1.54, 1.807) is 24.5 Å². The van der Waals surface area contributed by atoms with E-state index < -0.39 is 0 Å². The number of carbonyl (C=O) groups excluding carboxylic acids is 1. The fourth-order valence-electron chi connectivity index (χ4n) is 1.94. The Morgan fingerprint density at radius 3 is 2.90 bits per heavy atom. The van der Waals surface area contributed by atoms with Crippen molar-refractivity contribution in [2.45, 2.75) is 25.8 Å². The summed E-state index contributed by atoms with van der Waals surface area (Å²) in [7, 11) is 0. The molecule has 0 saturated heterocycles. The van der Waals surface area contributed by atoms with Crippen LogP contribution in [-0.4, -0.2) is 11.9 Å². The van der Waals surface area contributed by atoms with Crippen molar-refractivity contribution in [3.8, 4) is 0 Å². The van der Waals surface area contributed by atoms with Gasteiger partial charge >= 0.3 is 0 Å². The van der Waals surface area contributed by atoms with E-state index in [-0.39, 0.29) is 11.9 Å².